The highest BCUT2D eigenvalue weighted by Crippen LogP contribution is 2.51. The molecule has 2 aliphatic rings. The molecule has 0 saturated heterocycles. The van der Waals surface area contributed by atoms with Crippen molar-refractivity contribution in [3.63, 3.8) is 0 Å². The maximum atomic E-state index is 14.0. The molecule has 1 fully saturated rings. The summed E-state index contributed by atoms with van der Waals surface area (Å²) >= 11 is 1.71. The first-order valence-electron chi connectivity index (χ1n) is 12.5. The zero-order valence-corrected chi connectivity index (χ0v) is 22.7. The summed E-state index contributed by atoms with van der Waals surface area (Å²) in [6.07, 6.45) is 7.37. The molecule has 194 valence electrons. The number of aliphatic carboxylic acids is 1. The summed E-state index contributed by atoms with van der Waals surface area (Å²) < 4.78 is 34.8. The first-order valence-corrected chi connectivity index (χ1v) is 15.2. The van der Waals surface area contributed by atoms with Gasteiger partial charge in [0.1, 0.15) is 5.75 Å². The lowest BCUT2D eigenvalue weighted by atomic mass is 9.70. The summed E-state index contributed by atoms with van der Waals surface area (Å²) in [4.78, 5) is 12.2. The van der Waals surface area contributed by atoms with E-state index in [4.69, 9.17) is 9.84 Å². The molecule has 37 heavy (non-hydrogen) atoms. The first-order chi connectivity index (χ1) is 17.7. The van der Waals surface area contributed by atoms with E-state index in [0.29, 0.717) is 17.9 Å². The minimum absolute atomic E-state index is 0.184. The van der Waals surface area contributed by atoms with Gasteiger partial charge in [-0.25, -0.2) is 13.2 Å². The molecule has 0 radical (unpaired) electrons. The van der Waals surface area contributed by atoms with Crippen molar-refractivity contribution >= 4 is 33.4 Å². The minimum Gasteiger partial charge on any atom is -0.482 e. The highest BCUT2D eigenvalue weighted by molar-refractivity contribution is 7.98. The van der Waals surface area contributed by atoms with Crippen LogP contribution in [-0.4, -0.2) is 38.9 Å². The van der Waals surface area contributed by atoms with E-state index < -0.39 is 22.6 Å². The zero-order valence-electron chi connectivity index (χ0n) is 21.1. The molecular weight excluding hydrogens is 506 g/mol. The number of benzene rings is 3. The average molecular weight is 538 g/mol. The number of thioether (sulfide) groups is 1. The van der Waals surface area contributed by atoms with Crippen LogP contribution in [0.5, 0.6) is 5.75 Å². The summed E-state index contributed by atoms with van der Waals surface area (Å²) in [6.45, 7) is 1.69. The summed E-state index contributed by atoms with van der Waals surface area (Å²) in [6, 6.07) is 19.3. The van der Waals surface area contributed by atoms with E-state index in [9.17, 15) is 13.2 Å². The Hall–Kier alpha value is -2.97. The van der Waals surface area contributed by atoms with Gasteiger partial charge in [0.15, 0.2) is 6.61 Å². The maximum absolute atomic E-state index is 14.0. The van der Waals surface area contributed by atoms with Crippen LogP contribution < -0.4 is 9.04 Å². The molecule has 0 unspecified atom stereocenters. The van der Waals surface area contributed by atoms with Crippen LogP contribution >= 0.6 is 11.8 Å². The summed E-state index contributed by atoms with van der Waals surface area (Å²) in [5, 5.41) is 8.90. The number of hydrogen-bond donors (Lipinski definition) is 1. The number of aryl methyl sites for hydroxylation is 1. The number of carboxylic acid groups (broad SMARTS) is 1. The fourth-order valence-electron chi connectivity index (χ4n) is 5.69. The van der Waals surface area contributed by atoms with Gasteiger partial charge in [-0.2, -0.15) is 0 Å². The van der Waals surface area contributed by atoms with Crippen molar-refractivity contribution in [3.05, 3.63) is 71.8 Å². The van der Waals surface area contributed by atoms with Gasteiger partial charge in [0.05, 0.1) is 10.6 Å². The zero-order chi connectivity index (χ0) is 26.2. The van der Waals surface area contributed by atoms with Gasteiger partial charge < -0.3 is 9.84 Å². The van der Waals surface area contributed by atoms with E-state index in [1.807, 2.05) is 12.1 Å². The second-order valence-corrected chi connectivity index (χ2v) is 12.7. The smallest absolute Gasteiger partial charge is 0.341 e. The average Bonchev–Trinajstić information content (AvgIpc) is 3.22. The van der Waals surface area contributed by atoms with Crippen LogP contribution in [0.4, 0.5) is 5.69 Å². The largest absolute Gasteiger partial charge is 0.482 e. The SMILES string of the molecule is CSc1cccc(-c2ccc3c(c2)C2(CCCCC2)CN3S(=O)(=O)c2ccc(OCC(=O)O)c(C)c2)c1. The Morgan fingerprint density at radius 2 is 1.78 bits per heavy atom. The first kappa shape index (κ1) is 25.7. The molecule has 0 aromatic heterocycles. The molecule has 0 atom stereocenters. The molecule has 1 aliphatic carbocycles. The van der Waals surface area contributed by atoms with E-state index in [0.717, 1.165) is 48.1 Å². The molecule has 0 amide bonds. The van der Waals surface area contributed by atoms with Crippen LogP contribution in [0, 0.1) is 6.92 Å². The van der Waals surface area contributed by atoms with E-state index in [-0.39, 0.29) is 10.3 Å². The van der Waals surface area contributed by atoms with Gasteiger partial charge in [-0.3, -0.25) is 4.31 Å². The Morgan fingerprint density at radius 3 is 2.49 bits per heavy atom. The van der Waals surface area contributed by atoms with Crippen molar-refractivity contribution in [2.24, 2.45) is 0 Å². The monoisotopic (exact) mass is 537 g/mol. The molecule has 8 heteroatoms. The molecular formula is C29H31NO5S2. The Balaban J connectivity index is 1.55. The van der Waals surface area contributed by atoms with Crippen molar-refractivity contribution in [1.29, 1.82) is 0 Å². The molecule has 6 nitrogen and oxygen atoms in total. The standard InChI is InChI=1S/C29H31NO5S2/c1-20-15-24(10-12-27(20)35-18-28(31)32)37(33,34)30-19-29(13-4-3-5-14-29)25-17-22(9-11-26(25)30)21-7-6-8-23(16-21)36-2/h6-12,15-17H,3-5,13-14,18-19H2,1-2H3,(H,31,32). The number of hydrogen-bond acceptors (Lipinski definition) is 5. The van der Waals surface area contributed by atoms with Crippen molar-refractivity contribution in [2.75, 3.05) is 23.7 Å². The number of fused-ring (bicyclic) bond motifs is 2. The number of anilines is 1. The number of carboxylic acids is 1. The van der Waals surface area contributed by atoms with Gasteiger partial charge in [-0.05, 0) is 90.7 Å². The molecule has 1 heterocycles. The van der Waals surface area contributed by atoms with Gasteiger partial charge in [0, 0.05) is 16.9 Å². The number of nitrogens with zero attached hydrogens (tertiary/aromatic N) is 1. The van der Waals surface area contributed by atoms with Gasteiger partial charge in [0.25, 0.3) is 10.0 Å². The van der Waals surface area contributed by atoms with Crippen molar-refractivity contribution < 1.29 is 23.1 Å². The van der Waals surface area contributed by atoms with Crippen LogP contribution in [0.25, 0.3) is 11.1 Å². The van der Waals surface area contributed by atoms with Gasteiger partial charge in [-0.1, -0.05) is 37.5 Å². The van der Waals surface area contributed by atoms with Crippen molar-refractivity contribution in [3.8, 4) is 16.9 Å². The number of carbonyl (C=O) groups is 1. The number of rotatable bonds is 7. The highest BCUT2D eigenvalue weighted by Gasteiger charge is 2.47. The number of ether oxygens (including phenoxy) is 1. The second kappa shape index (κ2) is 10.1. The fraction of sp³-hybridized carbons (Fsp3) is 0.345. The van der Waals surface area contributed by atoms with Crippen molar-refractivity contribution in [2.45, 2.75) is 54.2 Å². The molecule has 3 aromatic rings. The Labute approximate surface area is 222 Å². The van der Waals surface area contributed by atoms with E-state index >= 15 is 0 Å². The summed E-state index contributed by atoms with van der Waals surface area (Å²) in [5.74, 6) is -0.717. The van der Waals surface area contributed by atoms with Gasteiger partial charge in [0.2, 0.25) is 0 Å². The summed E-state index contributed by atoms with van der Waals surface area (Å²) in [5.41, 5.74) is 4.52. The molecule has 3 aromatic carbocycles. The lowest BCUT2D eigenvalue weighted by Gasteiger charge is -2.34. The molecule has 1 saturated carbocycles. The van der Waals surface area contributed by atoms with Gasteiger partial charge >= 0.3 is 5.97 Å². The topological polar surface area (TPSA) is 83.9 Å². The van der Waals surface area contributed by atoms with Crippen LogP contribution in [0.1, 0.15) is 43.2 Å². The molecule has 5 rings (SSSR count). The Kier molecular flexibility index (Phi) is 6.98. The van der Waals surface area contributed by atoms with Crippen LogP contribution in [0.15, 0.2) is 70.5 Å². The minimum atomic E-state index is -3.83. The van der Waals surface area contributed by atoms with Gasteiger partial charge in [-0.15, -0.1) is 11.8 Å². The molecule has 0 bridgehead atoms. The van der Waals surface area contributed by atoms with E-state index in [1.165, 1.54) is 17.4 Å². The predicted octanol–water partition coefficient (Wildman–Crippen LogP) is 6.26. The normalized spacial score (nSPS) is 16.5. The van der Waals surface area contributed by atoms with Crippen LogP contribution in [-0.2, 0) is 20.2 Å². The second-order valence-electron chi connectivity index (χ2n) is 9.93. The molecule has 1 aliphatic heterocycles. The maximum Gasteiger partial charge on any atom is 0.341 e. The fourth-order valence-corrected chi connectivity index (χ4v) is 7.80. The quantitative estimate of drug-likeness (QED) is 0.358. The molecule has 1 N–H and O–H groups in total. The third kappa shape index (κ3) is 4.84. The lowest BCUT2D eigenvalue weighted by Crippen LogP contribution is -2.38. The lowest BCUT2D eigenvalue weighted by molar-refractivity contribution is -0.139. The third-order valence-corrected chi connectivity index (χ3v) is 10.1. The highest BCUT2D eigenvalue weighted by atomic mass is 32.2. The number of sulfonamides is 1. The molecule has 1 spiro atoms. The Bertz CT molecular complexity index is 1440. The van der Waals surface area contributed by atoms with E-state index in [1.54, 1.807) is 35.1 Å². The summed E-state index contributed by atoms with van der Waals surface area (Å²) in [7, 11) is -3.83. The van der Waals surface area contributed by atoms with Crippen LogP contribution in [0.3, 0.4) is 0 Å². The van der Waals surface area contributed by atoms with Crippen LogP contribution in [0.2, 0.25) is 0 Å². The Morgan fingerprint density at radius 1 is 1.03 bits per heavy atom. The third-order valence-electron chi connectivity index (χ3n) is 7.58. The predicted molar refractivity (Wildman–Crippen MR) is 147 cm³/mol. The van der Waals surface area contributed by atoms with Crippen molar-refractivity contribution in [1.82, 2.24) is 0 Å². The van der Waals surface area contributed by atoms with E-state index in [2.05, 4.69) is 36.6 Å².